The van der Waals surface area contributed by atoms with Crippen LogP contribution < -0.4 is 10.1 Å². The van der Waals surface area contributed by atoms with Gasteiger partial charge >= 0.3 is 0 Å². The first-order valence-electron chi connectivity index (χ1n) is 7.53. The fourth-order valence-corrected chi connectivity index (χ4v) is 4.36. The van der Waals surface area contributed by atoms with E-state index in [1.807, 2.05) is 24.3 Å². The second kappa shape index (κ2) is 6.49. The van der Waals surface area contributed by atoms with Crippen LogP contribution in [0, 0.1) is 11.3 Å². The van der Waals surface area contributed by atoms with Gasteiger partial charge in [0.1, 0.15) is 17.6 Å². The Morgan fingerprint density at radius 3 is 2.58 bits per heavy atom. The Bertz CT molecular complexity index is 886. The molecule has 1 atom stereocenters. The van der Waals surface area contributed by atoms with Crippen LogP contribution in [0.5, 0.6) is 5.75 Å². The van der Waals surface area contributed by atoms with Crippen LogP contribution in [0.3, 0.4) is 0 Å². The van der Waals surface area contributed by atoms with Crippen molar-refractivity contribution in [2.45, 2.75) is 12.5 Å². The Kier molecular flexibility index (Phi) is 4.40. The van der Waals surface area contributed by atoms with Crippen LogP contribution in [0.25, 0.3) is 11.3 Å². The van der Waals surface area contributed by atoms with Crippen molar-refractivity contribution in [2.75, 3.05) is 23.9 Å². The van der Waals surface area contributed by atoms with E-state index in [1.54, 1.807) is 19.2 Å². The molecule has 6 nitrogen and oxygen atoms in total. The van der Waals surface area contributed by atoms with E-state index in [9.17, 15) is 13.7 Å². The van der Waals surface area contributed by atoms with Crippen LogP contribution in [0.4, 0.5) is 5.82 Å². The molecule has 2 heterocycles. The highest BCUT2D eigenvalue weighted by molar-refractivity contribution is 7.91. The zero-order chi connectivity index (χ0) is 17.2. The monoisotopic (exact) mass is 343 g/mol. The minimum Gasteiger partial charge on any atom is -0.497 e. The summed E-state index contributed by atoms with van der Waals surface area (Å²) in [5, 5.41) is 12.4. The first-order valence-corrected chi connectivity index (χ1v) is 9.35. The van der Waals surface area contributed by atoms with Gasteiger partial charge in [0.25, 0.3) is 0 Å². The van der Waals surface area contributed by atoms with E-state index >= 15 is 0 Å². The molecule has 24 heavy (non-hydrogen) atoms. The first kappa shape index (κ1) is 16.3. The van der Waals surface area contributed by atoms with Crippen molar-refractivity contribution >= 4 is 15.7 Å². The Hall–Kier alpha value is -2.59. The Balaban J connectivity index is 1.89. The van der Waals surface area contributed by atoms with Crippen molar-refractivity contribution < 1.29 is 13.2 Å². The van der Waals surface area contributed by atoms with E-state index in [2.05, 4.69) is 16.4 Å². The summed E-state index contributed by atoms with van der Waals surface area (Å²) < 4.78 is 28.3. The average Bonchev–Trinajstić information content (AvgIpc) is 2.93. The summed E-state index contributed by atoms with van der Waals surface area (Å²) in [6, 6.07) is 12.8. The Morgan fingerprint density at radius 2 is 2.00 bits per heavy atom. The lowest BCUT2D eigenvalue weighted by Gasteiger charge is -2.14. The van der Waals surface area contributed by atoms with E-state index in [1.165, 1.54) is 0 Å². The molecule has 1 aromatic carbocycles. The zero-order valence-corrected chi connectivity index (χ0v) is 14.0. The number of sulfone groups is 1. The maximum atomic E-state index is 11.6. The SMILES string of the molecule is COc1ccc(-c2ccc(C#N)c(N[C@H]3CCS(=O)(=O)C3)n2)cc1. The lowest BCUT2D eigenvalue weighted by Crippen LogP contribution is -2.22. The highest BCUT2D eigenvalue weighted by Gasteiger charge is 2.28. The molecule has 0 unspecified atom stereocenters. The van der Waals surface area contributed by atoms with Gasteiger partial charge in [-0.05, 0) is 42.8 Å². The summed E-state index contributed by atoms with van der Waals surface area (Å²) >= 11 is 0. The van der Waals surface area contributed by atoms with Gasteiger partial charge in [-0.15, -0.1) is 0 Å². The molecule has 1 saturated heterocycles. The number of ether oxygens (including phenoxy) is 1. The van der Waals surface area contributed by atoms with Crippen LogP contribution >= 0.6 is 0 Å². The Morgan fingerprint density at radius 1 is 1.25 bits per heavy atom. The topological polar surface area (TPSA) is 92.1 Å². The molecule has 1 fully saturated rings. The number of nitriles is 1. The van der Waals surface area contributed by atoms with Crippen molar-refractivity contribution in [3.8, 4) is 23.1 Å². The summed E-state index contributed by atoms with van der Waals surface area (Å²) in [5.41, 5.74) is 2.00. The minimum absolute atomic E-state index is 0.0757. The molecule has 0 amide bonds. The molecule has 1 aromatic heterocycles. The van der Waals surface area contributed by atoms with E-state index < -0.39 is 9.84 Å². The molecular formula is C17H17N3O3S. The summed E-state index contributed by atoms with van der Waals surface area (Å²) in [6.45, 7) is 0. The van der Waals surface area contributed by atoms with Gasteiger partial charge in [-0.2, -0.15) is 5.26 Å². The molecule has 2 aromatic rings. The summed E-state index contributed by atoms with van der Waals surface area (Å²) in [7, 11) is -1.39. The van der Waals surface area contributed by atoms with Crippen LogP contribution in [0.1, 0.15) is 12.0 Å². The maximum absolute atomic E-state index is 11.6. The van der Waals surface area contributed by atoms with Crippen molar-refractivity contribution in [1.29, 1.82) is 5.26 Å². The smallest absolute Gasteiger partial charge is 0.152 e. The molecule has 0 spiro atoms. The van der Waals surface area contributed by atoms with Gasteiger partial charge in [-0.1, -0.05) is 0 Å². The molecule has 1 aliphatic heterocycles. The zero-order valence-electron chi connectivity index (χ0n) is 13.2. The molecule has 0 aliphatic carbocycles. The summed E-state index contributed by atoms with van der Waals surface area (Å²) in [4.78, 5) is 4.51. The van der Waals surface area contributed by atoms with Crippen molar-refractivity contribution in [3.63, 3.8) is 0 Å². The molecule has 0 radical (unpaired) electrons. The number of methoxy groups -OCH3 is 1. The van der Waals surface area contributed by atoms with E-state index in [0.717, 1.165) is 11.3 Å². The number of hydrogen-bond donors (Lipinski definition) is 1. The van der Waals surface area contributed by atoms with Gasteiger partial charge in [0.2, 0.25) is 0 Å². The van der Waals surface area contributed by atoms with Gasteiger partial charge in [0, 0.05) is 11.6 Å². The fourth-order valence-electron chi connectivity index (χ4n) is 2.68. The van der Waals surface area contributed by atoms with Crippen molar-refractivity contribution in [3.05, 3.63) is 42.0 Å². The predicted octanol–water partition coefficient (Wildman–Crippen LogP) is 2.23. The third-order valence-electron chi connectivity index (χ3n) is 3.97. The predicted molar refractivity (Wildman–Crippen MR) is 91.6 cm³/mol. The number of aromatic nitrogens is 1. The lowest BCUT2D eigenvalue weighted by molar-refractivity contribution is 0.415. The normalized spacial score (nSPS) is 18.8. The van der Waals surface area contributed by atoms with Crippen LogP contribution in [0.15, 0.2) is 36.4 Å². The summed E-state index contributed by atoms with van der Waals surface area (Å²) in [5.74, 6) is 1.42. The maximum Gasteiger partial charge on any atom is 0.152 e. The van der Waals surface area contributed by atoms with Crippen molar-refractivity contribution in [2.24, 2.45) is 0 Å². The van der Waals surface area contributed by atoms with Crippen LogP contribution in [0.2, 0.25) is 0 Å². The van der Waals surface area contributed by atoms with Crippen LogP contribution in [-0.2, 0) is 9.84 Å². The van der Waals surface area contributed by atoms with E-state index in [-0.39, 0.29) is 17.5 Å². The third-order valence-corrected chi connectivity index (χ3v) is 5.74. The molecule has 0 saturated carbocycles. The number of nitrogens with zero attached hydrogens (tertiary/aromatic N) is 2. The largest absolute Gasteiger partial charge is 0.497 e. The molecule has 1 aliphatic rings. The van der Waals surface area contributed by atoms with Crippen molar-refractivity contribution in [1.82, 2.24) is 4.98 Å². The molecule has 3 rings (SSSR count). The van der Waals surface area contributed by atoms with Gasteiger partial charge < -0.3 is 10.1 Å². The first-order chi connectivity index (χ1) is 11.5. The van der Waals surface area contributed by atoms with E-state index in [0.29, 0.717) is 23.5 Å². The number of pyridine rings is 1. The van der Waals surface area contributed by atoms with Gasteiger partial charge in [-0.3, -0.25) is 0 Å². The number of nitrogens with one attached hydrogen (secondary N) is 1. The average molecular weight is 343 g/mol. The molecule has 1 N–H and O–H groups in total. The fraction of sp³-hybridized carbons (Fsp3) is 0.294. The van der Waals surface area contributed by atoms with Gasteiger partial charge in [0.15, 0.2) is 9.84 Å². The summed E-state index contributed by atoms with van der Waals surface area (Å²) in [6.07, 6.45) is 0.529. The highest BCUT2D eigenvalue weighted by atomic mass is 32.2. The minimum atomic E-state index is -2.99. The van der Waals surface area contributed by atoms with Crippen LogP contribution in [-0.4, -0.2) is 38.1 Å². The van der Waals surface area contributed by atoms with E-state index in [4.69, 9.17) is 4.74 Å². The quantitative estimate of drug-likeness (QED) is 0.915. The number of anilines is 1. The highest BCUT2D eigenvalue weighted by Crippen LogP contribution is 2.25. The third kappa shape index (κ3) is 3.49. The lowest BCUT2D eigenvalue weighted by atomic mass is 10.1. The number of benzene rings is 1. The second-order valence-corrected chi connectivity index (χ2v) is 7.91. The number of hydrogen-bond acceptors (Lipinski definition) is 6. The Labute approximate surface area is 141 Å². The second-order valence-electron chi connectivity index (χ2n) is 5.68. The molecular weight excluding hydrogens is 326 g/mol. The van der Waals surface area contributed by atoms with Gasteiger partial charge in [0.05, 0.1) is 29.9 Å². The number of rotatable bonds is 4. The molecule has 124 valence electrons. The standard InChI is InChI=1S/C17H17N3O3S/c1-23-15-5-2-12(3-6-15)16-7-4-13(10-18)17(20-16)19-14-8-9-24(21,22)11-14/h2-7,14H,8-9,11H2,1H3,(H,19,20)/t14-/m0/s1. The van der Waals surface area contributed by atoms with Gasteiger partial charge in [-0.25, -0.2) is 13.4 Å². The molecule has 0 bridgehead atoms. The molecule has 7 heteroatoms.